The summed E-state index contributed by atoms with van der Waals surface area (Å²) in [4.78, 5) is 10.3. The number of amidine groups is 1. The summed E-state index contributed by atoms with van der Waals surface area (Å²) in [5.41, 5.74) is 8.07. The molecule has 1 atom stereocenters. The smallest absolute Gasteiger partial charge is 0.269 e. The first-order valence-electron chi connectivity index (χ1n) is 6.77. The Kier molecular flexibility index (Phi) is 3.28. The summed E-state index contributed by atoms with van der Waals surface area (Å²) in [6.45, 7) is 0. The van der Waals surface area contributed by atoms with Gasteiger partial charge in [-0.25, -0.2) is 5.01 Å². The van der Waals surface area contributed by atoms with E-state index < -0.39 is 4.92 Å². The molecule has 116 valence electrons. The van der Waals surface area contributed by atoms with Crippen LogP contribution in [0.1, 0.15) is 17.5 Å². The molecule has 0 bridgehead atoms. The number of thioether (sulfide) groups is 1. The molecule has 0 amide bonds. The molecule has 1 unspecified atom stereocenters. The van der Waals surface area contributed by atoms with E-state index in [0.29, 0.717) is 5.76 Å². The molecule has 4 rings (SSSR count). The van der Waals surface area contributed by atoms with Crippen LogP contribution >= 0.6 is 11.8 Å². The SMILES string of the molecule is O=[N+]([O-])c1ccc(C2=CSC3=NNC(c4ccco4)NN23)cc1. The molecule has 0 saturated heterocycles. The number of nitro benzene ring substituents is 1. The molecule has 23 heavy (non-hydrogen) atoms. The maximum Gasteiger partial charge on any atom is 0.269 e. The summed E-state index contributed by atoms with van der Waals surface area (Å²) in [6.07, 6.45) is 1.32. The van der Waals surface area contributed by atoms with Crippen LogP contribution in [0.5, 0.6) is 0 Å². The quantitative estimate of drug-likeness (QED) is 0.660. The van der Waals surface area contributed by atoms with Crippen LogP contribution in [0, 0.1) is 10.1 Å². The summed E-state index contributed by atoms with van der Waals surface area (Å²) in [5.74, 6) is 0.716. The highest BCUT2D eigenvalue weighted by molar-refractivity contribution is 8.16. The number of rotatable bonds is 3. The fourth-order valence-corrected chi connectivity index (χ4v) is 3.15. The van der Waals surface area contributed by atoms with E-state index >= 15 is 0 Å². The number of hydrazine groups is 1. The van der Waals surface area contributed by atoms with Gasteiger partial charge in [-0.1, -0.05) is 11.8 Å². The molecule has 2 aliphatic heterocycles. The van der Waals surface area contributed by atoms with Crippen LogP contribution in [-0.4, -0.2) is 15.1 Å². The van der Waals surface area contributed by atoms with E-state index in [2.05, 4.69) is 16.0 Å². The summed E-state index contributed by atoms with van der Waals surface area (Å²) in [6, 6.07) is 10.1. The zero-order valence-electron chi connectivity index (χ0n) is 11.7. The van der Waals surface area contributed by atoms with Crippen molar-refractivity contribution in [3.63, 3.8) is 0 Å². The van der Waals surface area contributed by atoms with E-state index in [0.717, 1.165) is 16.4 Å². The predicted molar refractivity (Wildman–Crippen MR) is 85.7 cm³/mol. The van der Waals surface area contributed by atoms with Crippen molar-refractivity contribution in [3.8, 4) is 0 Å². The molecular formula is C14H11N5O3S. The van der Waals surface area contributed by atoms with Gasteiger partial charge in [0.05, 0.1) is 16.9 Å². The first-order valence-corrected chi connectivity index (χ1v) is 7.65. The summed E-state index contributed by atoms with van der Waals surface area (Å²) < 4.78 is 5.38. The van der Waals surface area contributed by atoms with Gasteiger partial charge in [-0.3, -0.25) is 15.5 Å². The molecule has 1 aromatic carbocycles. The molecule has 0 saturated carbocycles. The number of furan rings is 1. The molecule has 2 aromatic rings. The molecule has 2 N–H and O–H groups in total. The Morgan fingerprint density at radius 3 is 2.83 bits per heavy atom. The largest absolute Gasteiger partial charge is 0.466 e. The molecular weight excluding hydrogens is 318 g/mol. The predicted octanol–water partition coefficient (Wildman–Crippen LogP) is 2.61. The van der Waals surface area contributed by atoms with Gasteiger partial charge < -0.3 is 4.42 Å². The molecule has 0 radical (unpaired) electrons. The second kappa shape index (κ2) is 5.45. The highest BCUT2D eigenvalue weighted by atomic mass is 32.2. The normalized spacial score (nSPS) is 19.7. The van der Waals surface area contributed by atoms with Crippen LogP contribution in [0.3, 0.4) is 0 Å². The van der Waals surface area contributed by atoms with Gasteiger partial charge in [-0.05, 0) is 24.3 Å². The third-order valence-corrected chi connectivity index (χ3v) is 4.28. The zero-order chi connectivity index (χ0) is 15.8. The fraction of sp³-hybridized carbons (Fsp3) is 0.0714. The van der Waals surface area contributed by atoms with Gasteiger partial charge in [0, 0.05) is 23.1 Å². The van der Waals surface area contributed by atoms with E-state index in [9.17, 15) is 10.1 Å². The molecule has 0 spiro atoms. The molecule has 1 aromatic heterocycles. The fourth-order valence-electron chi connectivity index (χ4n) is 2.33. The maximum atomic E-state index is 10.8. The Bertz CT molecular complexity index is 800. The second-order valence-electron chi connectivity index (χ2n) is 4.86. The number of hydrogen-bond donors (Lipinski definition) is 2. The third kappa shape index (κ3) is 2.45. The average Bonchev–Trinajstić information content (AvgIpc) is 3.24. The summed E-state index contributed by atoms with van der Waals surface area (Å²) in [7, 11) is 0. The molecule has 8 nitrogen and oxygen atoms in total. The minimum atomic E-state index is -0.412. The zero-order valence-corrected chi connectivity index (χ0v) is 12.5. The number of nitro groups is 1. The van der Waals surface area contributed by atoms with Crippen LogP contribution < -0.4 is 10.9 Å². The minimum Gasteiger partial charge on any atom is -0.466 e. The monoisotopic (exact) mass is 329 g/mol. The van der Waals surface area contributed by atoms with E-state index in [1.165, 1.54) is 23.9 Å². The van der Waals surface area contributed by atoms with Crippen molar-refractivity contribution >= 4 is 28.3 Å². The van der Waals surface area contributed by atoms with Crippen molar-refractivity contribution in [1.29, 1.82) is 0 Å². The van der Waals surface area contributed by atoms with Crippen LogP contribution in [0.4, 0.5) is 5.69 Å². The van der Waals surface area contributed by atoms with E-state index in [-0.39, 0.29) is 11.9 Å². The number of hydrogen-bond acceptors (Lipinski definition) is 8. The lowest BCUT2D eigenvalue weighted by Crippen LogP contribution is -2.49. The Balaban J connectivity index is 1.60. The average molecular weight is 329 g/mol. The van der Waals surface area contributed by atoms with Crippen molar-refractivity contribution in [2.24, 2.45) is 5.10 Å². The van der Waals surface area contributed by atoms with Gasteiger partial charge >= 0.3 is 0 Å². The Morgan fingerprint density at radius 2 is 2.13 bits per heavy atom. The van der Waals surface area contributed by atoms with Crippen molar-refractivity contribution < 1.29 is 9.34 Å². The number of nitrogens with one attached hydrogen (secondary N) is 2. The Morgan fingerprint density at radius 1 is 1.30 bits per heavy atom. The van der Waals surface area contributed by atoms with Gasteiger partial charge in [0.15, 0.2) is 6.17 Å². The van der Waals surface area contributed by atoms with Crippen molar-refractivity contribution in [2.75, 3.05) is 0 Å². The van der Waals surface area contributed by atoms with Gasteiger partial charge in [0.25, 0.3) is 5.69 Å². The first kappa shape index (κ1) is 13.9. The lowest BCUT2D eigenvalue weighted by molar-refractivity contribution is -0.384. The molecule has 0 fully saturated rings. The van der Waals surface area contributed by atoms with Gasteiger partial charge in [0.1, 0.15) is 5.76 Å². The number of non-ortho nitro benzene ring substituents is 1. The van der Waals surface area contributed by atoms with Crippen molar-refractivity contribution in [1.82, 2.24) is 15.9 Å². The van der Waals surface area contributed by atoms with Gasteiger partial charge in [0.2, 0.25) is 5.17 Å². The van der Waals surface area contributed by atoms with Gasteiger partial charge in [-0.15, -0.1) is 0 Å². The Hall–Kier alpha value is -2.78. The van der Waals surface area contributed by atoms with Crippen LogP contribution in [-0.2, 0) is 0 Å². The van der Waals surface area contributed by atoms with E-state index in [1.54, 1.807) is 18.4 Å². The maximum absolute atomic E-state index is 10.8. The van der Waals surface area contributed by atoms with Crippen LogP contribution in [0.25, 0.3) is 5.70 Å². The van der Waals surface area contributed by atoms with Crippen molar-refractivity contribution in [2.45, 2.75) is 6.17 Å². The summed E-state index contributed by atoms with van der Waals surface area (Å²) >= 11 is 1.46. The number of benzene rings is 1. The molecule has 3 heterocycles. The summed E-state index contributed by atoms with van der Waals surface area (Å²) in [5, 5.41) is 19.6. The Labute approximate surface area is 135 Å². The highest BCUT2D eigenvalue weighted by Gasteiger charge is 2.31. The number of fused-ring (bicyclic) bond motifs is 1. The number of nitrogens with zero attached hydrogens (tertiary/aromatic N) is 3. The van der Waals surface area contributed by atoms with E-state index in [4.69, 9.17) is 4.42 Å². The minimum absolute atomic E-state index is 0.0654. The van der Waals surface area contributed by atoms with Crippen LogP contribution in [0.15, 0.2) is 57.6 Å². The van der Waals surface area contributed by atoms with E-state index in [1.807, 2.05) is 22.5 Å². The third-order valence-electron chi connectivity index (χ3n) is 3.46. The first-order chi connectivity index (χ1) is 11.2. The highest BCUT2D eigenvalue weighted by Crippen LogP contribution is 2.34. The number of hydrazone groups is 1. The van der Waals surface area contributed by atoms with Crippen molar-refractivity contribution in [3.05, 3.63) is 69.5 Å². The standard InChI is InChI=1S/C14H11N5O3S/c20-19(21)10-5-3-9(4-6-10)11-8-23-14-16-15-13(17-18(11)14)12-2-1-7-22-12/h1-8,13,15,17H. The molecule has 9 heteroatoms. The molecule has 0 aliphatic carbocycles. The lowest BCUT2D eigenvalue weighted by Gasteiger charge is -2.31. The van der Waals surface area contributed by atoms with Crippen LogP contribution in [0.2, 0.25) is 0 Å². The second-order valence-corrected chi connectivity index (χ2v) is 5.70. The topological polar surface area (TPSA) is 95.9 Å². The van der Waals surface area contributed by atoms with Gasteiger partial charge in [-0.2, -0.15) is 10.5 Å². The lowest BCUT2D eigenvalue weighted by atomic mass is 10.1. The molecule has 2 aliphatic rings.